The van der Waals surface area contributed by atoms with Gasteiger partial charge in [-0.1, -0.05) is 23.7 Å². The Bertz CT molecular complexity index is 848. The molecule has 1 amide bonds. The van der Waals surface area contributed by atoms with E-state index in [4.69, 9.17) is 16.3 Å². The number of rotatable bonds is 5. The van der Waals surface area contributed by atoms with Gasteiger partial charge in [0.15, 0.2) is 6.61 Å². The topological polar surface area (TPSA) is 76.5 Å². The molecular formula is C15H11ClN4O2S. The van der Waals surface area contributed by atoms with Crippen LogP contribution in [-0.2, 0) is 4.79 Å². The first-order valence-corrected chi connectivity index (χ1v) is 7.86. The molecule has 8 heteroatoms. The first-order chi connectivity index (χ1) is 11.2. The van der Waals surface area contributed by atoms with E-state index in [1.165, 1.54) is 23.9 Å². The Balaban J connectivity index is 1.53. The minimum Gasteiger partial charge on any atom is -0.467 e. The molecule has 6 nitrogen and oxygen atoms in total. The van der Waals surface area contributed by atoms with E-state index in [9.17, 15) is 4.79 Å². The van der Waals surface area contributed by atoms with E-state index in [0.717, 1.165) is 15.8 Å². The Labute approximate surface area is 140 Å². The number of hydrogen-bond acceptors (Lipinski definition) is 6. The van der Waals surface area contributed by atoms with Crippen molar-refractivity contribution in [1.82, 2.24) is 15.4 Å². The van der Waals surface area contributed by atoms with Gasteiger partial charge < -0.3 is 4.74 Å². The van der Waals surface area contributed by atoms with Crippen LogP contribution < -0.4 is 10.2 Å². The molecule has 1 aromatic carbocycles. The summed E-state index contributed by atoms with van der Waals surface area (Å²) in [4.78, 5) is 20.7. The van der Waals surface area contributed by atoms with Gasteiger partial charge in [0, 0.05) is 5.02 Å². The second kappa shape index (κ2) is 7.17. The molecule has 2 heterocycles. The molecular weight excluding hydrogens is 336 g/mol. The van der Waals surface area contributed by atoms with Crippen LogP contribution in [0.5, 0.6) is 5.88 Å². The second-order valence-electron chi connectivity index (χ2n) is 4.45. The number of fused-ring (bicyclic) bond motifs is 1. The summed E-state index contributed by atoms with van der Waals surface area (Å²) in [6.07, 6.45) is 2.93. The van der Waals surface area contributed by atoms with Crippen molar-refractivity contribution >= 4 is 45.3 Å². The summed E-state index contributed by atoms with van der Waals surface area (Å²) in [7, 11) is 0. The number of ether oxygens (including phenoxy) is 1. The van der Waals surface area contributed by atoms with Crippen molar-refractivity contribution in [3.05, 3.63) is 52.6 Å². The van der Waals surface area contributed by atoms with Crippen molar-refractivity contribution in [2.45, 2.75) is 0 Å². The van der Waals surface area contributed by atoms with Crippen molar-refractivity contribution in [3.63, 3.8) is 0 Å². The van der Waals surface area contributed by atoms with Gasteiger partial charge in [-0.25, -0.2) is 15.4 Å². The number of hydrogen-bond donors (Lipinski definition) is 1. The predicted molar refractivity (Wildman–Crippen MR) is 90.1 cm³/mol. The van der Waals surface area contributed by atoms with Gasteiger partial charge in [0.1, 0.15) is 11.2 Å². The Kier molecular flexibility index (Phi) is 4.80. The highest BCUT2D eigenvalue weighted by molar-refractivity contribution is 7.16. The van der Waals surface area contributed by atoms with E-state index >= 15 is 0 Å². The van der Waals surface area contributed by atoms with Crippen LogP contribution in [0.15, 0.2) is 47.1 Å². The van der Waals surface area contributed by atoms with Crippen LogP contribution in [0, 0.1) is 0 Å². The van der Waals surface area contributed by atoms with Crippen LogP contribution in [0.1, 0.15) is 5.56 Å². The number of carbonyl (C=O) groups excluding carboxylic acids is 1. The van der Waals surface area contributed by atoms with E-state index in [1.807, 2.05) is 11.4 Å². The SMILES string of the molecule is O=C(COc1ncnc2sccc12)N/N=C/c1ccc(Cl)cc1. The molecule has 0 aliphatic heterocycles. The maximum Gasteiger partial charge on any atom is 0.278 e. The smallest absolute Gasteiger partial charge is 0.278 e. The lowest BCUT2D eigenvalue weighted by molar-refractivity contribution is -0.123. The van der Waals surface area contributed by atoms with Crippen LogP contribution in [0.3, 0.4) is 0 Å². The zero-order valence-corrected chi connectivity index (χ0v) is 13.3. The van der Waals surface area contributed by atoms with Crippen LogP contribution in [0.25, 0.3) is 10.2 Å². The molecule has 0 spiro atoms. The lowest BCUT2D eigenvalue weighted by Crippen LogP contribution is -2.24. The number of carbonyl (C=O) groups is 1. The fourth-order valence-electron chi connectivity index (χ4n) is 1.78. The highest BCUT2D eigenvalue weighted by Gasteiger charge is 2.08. The first-order valence-electron chi connectivity index (χ1n) is 6.61. The Morgan fingerprint density at radius 2 is 2.13 bits per heavy atom. The molecule has 2 aromatic heterocycles. The Morgan fingerprint density at radius 1 is 1.30 bits per heavy atom. The molecule has 1 N–H and O–H groups in total. The van der Waals surface area contributed by atoms with Gasteiger partial charge in [-0.05, 0) is 29.1 Å². The molecule has 0 radical (unpaired) electrons. The molecule has 0 fully saturated rings. The number of nitrogens with zero attached hydrogens (tertiary/aromatic N) is 3. The third kappa shape index (κ3) is 4.02. The minimum atomic E-state index is -0.378. The van der Waals surface area contributed by atoms with Gasteiger partial charge >= 0.3 is 0 Å². The largest absolute Gasteiger partial charge is 0.467 e. The van der Waals surface area contributed by atoms with E-state index in [1.54, 1.807) is 24.3 Å². The Hall–Kier alpha value is -2.51. The third-order valence-electron chi connectivity index (χ3n) is 2.84. The number of aromatic nitrogens is 2. The molecule has 23 heavy (non-hydrogen) atoms. The highest BCUT2D eigenvalue weighted by atomic mass is 35.5. The summed E-state index contributed by atoms with van der Waals surface area (Å²) in [5.41, 5.74) is 3.21. The van der Waals surface area contributed by atoms with Crippen molar-refractivity contribution in [2.24, 2.45) is 5.10 Å². The number of halogens is 1. The number of thiophene rings is 1. The summed E-state index contributed by atoms with van der Waals surface area (Å²) in [6, 6.07) is 8.93. The van der Waals surface area contributed by atoms with E-state index < -0.39 is 0 Å². The zero-order chi connectivity index (χ0) is 16.1. The lowest BCUT2D eigenvalue weighted by Gasteiger charge is -2.04. The molecule has 0 aliphatic rings. The maximum atomic E-state index is 11.7. The maximum absolute atomic E-state index is 11.7. The minimum absolute atomic E-state index is 0.181. The van der Waals surface area contributed by atoms with Gasteiger partial charge in [0.05, 0.1) is 11.6 Å². The van der Waals surface area contributed by atoms with Crippen molar-refractivity contribution in [1.29, 1.82) is 0 Å². The molecule has 3 rings (SSSR count). The van der Waals surface area contributed by atoms with Gasteiger partial charge in [-0.15, -0.1) is 11.3 Å². The normalized spacial score (nSPS) is 11.0. The number of nitrogens with one attached hydrogen (secondary N) is 1. The quantitative estimate of drug-likeness (QED) is 0.569. The molecule has 0 saturated heterocycles. The number of benzene rings is 1. The van der Waals surface area contributed by atoms with Crippen molar-refractivity contribution in [3.8, 4) is 5.88 Å². The molecule has 0 aliphatic carbocycles. The second-order valence-corrected chi connectivity index (χ2v) is 5.78. The molecule has 116 valence electrons. The summed E-state index contributed by atoms with van der Waals surface area (Å²) < 4.78 is 5.41. The summed E-state index contributed by atoms with van der Waals surface area (Å²) in [5.74, 6) is 0.00489. The van der Waals surface area contributed by atoms with Gasteiger partial charge in [0.2, 0.25) is 5.88 Å². The van der Waals surface area contributed by atoms with Gasteiger partial charge in [-0.2, -0.15) is 5.10 Å². The molecule has 0 saturated carbocycles. The van der Waals surface area contributed by atoms with E-state index in [2.05, 4.69) is 20.5 Å². The van der Waals surface area contributed by atoms with Crippen LogP contribution in [0.4, 0.5) is 0 Å². The van der Waals surface area contributed by atoms with E-state index in [-0.39, 0.29) is 12.5 Å². The van der Waals surface area contributed by atoms with Crippen molar-refractivity contribution in [2.75, 3.05) is 6.61 Å². The third-order valence-corrected chi connectivity index (χ3v) is 3.91. The molecule has 0 bridgehead atoms. The Morgan fingerprint density at radius 3 is 2.96 bits per heavy atom. The van der Waals surface area contributed by atoms with E-state index in [0.29, 0.717) is 10.9 Å². The van der Waals surface area contributed by atoms with Crippen molar-refractivity contribution < 1.29 is 9.53 Å². The highest BCUT2D eigenvalue weighted by Crippen LogP contribution is 2.25. The molecule has 0 unspecified atom stereocenters. The number of hydrazone groups is 1. The average molecular weight is 347 g/mol. The average Bonchev–Trinajstić information content (AvgIpc) is 3.04. The first kappa shape index (κ1) is 15.4. The monoisotopic (exact) mass is 346 g/mol. The zero-order valence-electron chi connectivity index (χ0n) is 11.8. The predicted octanol–water partition coefficient (Wildman–Crippen LogP) is 2.87. The summed E-state index contributed by atoms with van der Waals surface area (Å²) in [5, 5.41) is 7.18. The fraction of sp³-hybridized carbons (Fsp3) is 0.0667. The van der Waals surface area contributed by atoms with Crippen LogP contribution >= 0.6 is 22.9 Å². The lowest BCUT2D eigenvalue weighted by atomic mass is 10.2. The fourth-order valence-corrected chi connectivity index (χ4v) is 2.63. The van der Waals surface area contributed by atoms with Gasteiger partial charge in [-0.3, -0.25) is 4.79 Å². The molecule has 0 atom stereocenters. The molecule has 3 aromatic rings. The van der Waals surface area contributed by atoms with Crippen LogP contribution in [0.2, 0.25) is 5.02 Å². The summed E-state index contributed by atoms with van der Waals surface area (Å²) in [6.45, 7) is -0.181. The standard InChI is InChI=1S/C15H11ClN4O2S/c16-11-3-1-10(2-4-11)7-19-20-13(21)8-22-14-12-5-6-23-15(12)18-9-17-14/h1-7,9H,8H2,(H,20,21)/b19-7+. The van der Waals surface area contributed by atoms with Gasteiger partial charge in [0.25, 0.3) is 5.91 Å². The number of amides is 1. The summed E-state index contributed by atoms with van der Waals surface area (Å²) >= 11 is 7.27. The van der Waals surface area contributed by atoms with Crippen LogP contribution in [-0.4, -0.2) is 28.7 Å².